The summed E-state index contributed by atoms with van der Waals surface area (Å²) in [7, 11) is 2.07. The van der Waals surface area contributed by atoms with Gasteiger partial charge in [-0.25, -0.2) is 0 Å². The first-order chi connectivity index (χ1) is 11.1. The number of aryl methyl sites for hydroxylation is 2. The van der Waals surface area contributed by atoms with Crippen molar-refractivity contribution in [1.29, 1.82) is 0 Å². The lowest BCUT2D eigenvalue weighted by atomic mass is 9.47. The van der Waals surface area contributed by atoms with Gasteiger partial charge >= 0.3 is 0 Å². The summed E-state index contributed by atoms with van der Waals surface area (Å²) in [6.45, 7) is 4.03. The van der Waals surface area contributed by atoms with Crippen LogP contribution in [0.3, 0.4) is 0 Å². The van der Waals surface area contributed by atoms with Crippen molar-refractivity contribution in [3.63, 3.8) is 0 Å². The molecule has 0 N–H and O–H groups in total. The zero-order chi connectivity index (χ0) is 15.7. The van der Waals surface area contributed by atoms with E-state index in [1.54, 1.807) is 0 Å². The van der Waals surface area contributed by atoms with Crippen molar-refractivity contribution in [3.05, 3.63) is 17.5 Å². The van der Waals surface area contributed by atoms with Crippen molar-refractivity contribution in [2.24, 2.45) is 18.4 Å². The predicted molar refractivity (Wildman–Crippen MR) is 87.1 cm³/mol. The fraction of sp³-hybridized carbons (Fsp3) is 0.842. The highest BCUT2D eigenvalue weighted by atomic mass is 16.7. The van der Waals surface area contributed by atoms with Gasteiger partial charge in [0.2, 0.25) is 0 Å². The molecule has 2 spiro atoms. The van der Waals surface area contributed by atoms with Crippen LogP contribution in [0.15, 0.2) is 6.20 Å². The summed E-state index contributed by atoms with van der Waals surface area (Å²) in [5.74, 6) is 0.353. The molecule has 0 radical (unpaired) electrons. The number of hydrogen-bond acceptors (Lipinski definition) is 3. The first-order valence-corrected chi connectivity index (χ1v) is 9.41. The quantitative estimate of drug-likeness (QED) is 0.736. The van der Waals surface area contributed by atoms with Crippen molar-refractivity contribution in [3.8, 4) is 0 Å². The second kappa shape index (κ2) is 4.60. The molecule has 4 aliphatic rings. The third-order valence-electron chi connectivity index (χ3n) is 7.57. The highest BCUT2D eigenvalue weighted by molar-refractivity contribution is 5.33. The Morgan fingerprint density at radius 3 is 2.61 bits per heavy atom. The smallest absolute Gasteiger partial charge is 0.174 e. The van der Waals surface area contributed by atoms with Gasteiger partial charge in [-0.1, -0.05) is 19.8 Å². The van der Waals surface area contributed by atoms with Gasteiger partial charge in [0.1, 0.15) is 0 Å². The average Bonchev–Trinajstić information content (AvgIpc) is 3.24. The summed E-state index contributed by atoms with van der Waals surface area (Å²) in [5.41, 5.74) is 3.25. The summed E-state index contributed by atoms with van der Waals surface area (Å²) < 4.78 is 14.7. The van der Waals surface area contributed by atoms with Crippen LogP contribution in [0.4, 0.5) is 0 Å². The van der Waals surface area contributed by atoms with Crippen LogP contribution in [-0.2, 0) is 28.4 Å². The molecule has 3 aliphatic carbocycles. The molecule has 1 saturated heterocycles. The molecule has 2 saturated carbocycles. The summed E-state index contributed by atoms with van der Waals surface area (Å²) in [4.78, 5) is 0. The molecule has 4 nitrogen and oxygen atoms in total. The van der Waals surface area contributed by atoms with Crippen molar-refractivity contribution in [1.82, 2.24) is 9.78 Å². The minimum atomic E-state index is -0.292. The van der Waals surface area contributed by atoms with E-state index < -0.39 is 0 Å². The Hall–Kier alpha value is -0.870. The van der Waals surface area contributed by atoms with Gasteiger partial charge in [0.25, 0.3) is 0 Å². The predicted octanol–water partition coefficient (Wildman–Crippen LogP) is 3.34. The maximum Gasteiger partial charge on any atom is 0.174 e. The largest absolute Gasteiger partial charge is 0.347 e. The van der Waals surface area contributed by atoms with E-state index in [1.807, 2.05) is 4.68 Å². The van der Waals surface area contributed by atoms with Crippen molar-refractivity contribution in [2.45, 2.75) is 69.5 Å². The number of rotatable bonds is 0. The Balaban J connectivity index is 1.65. The zero-order valence-corrected chi connectivity index (χ0v) is 14.4. The lowest BCUT2D eigenvalue weighted by molar-refractivity contribution is -0.286. The number of aromatic nitrogens is 2. The summed E-state index contributed by atoms with van der Waals surface area (Å²) >= 11 is 0. The van der Waals surface area contributed by atoms with E-state index in [0.717, 1.165) is 26.1 Å². The highest BCUT2D eigenvalue weighted by Crippen LogP contribution is 2.67. The molecule has 4 heteroatoms. The Bertz CT molecular complexity index is 625. The molecule has 1 aromatic heterocycles. The lowest BCUT2D eigenvalue weighted by Gasteiger charge is -2.60. The number of hydrogen-bond donors (Lipinski definition) is 0. The number of nitrogens with zero attached hydrogens (tertiary/aromatic N) is 2. The molecular weight excluding hydrogens is 288 g/mol. The van der Waals surface area contributed by atoms with Crippen LogP contribution in [0, 0.1) is 11.3 Å². The molecule has 126 valence electrons. The minimum Gasteiger partial charge on any atom is -0.347 e. The first kappa shape index (κ1) is 14.5. The number of fused-ring (bicyclic) bond motifs is 5. The van der Waals surface area contributed by atoms with E-state index in [2.05, 4.69) is 20.2 Å². The molecule has 5 rings (SSSR count). The van der Waals surface area contributed by atoms with Gasteiger partial charge in [0.05, 0.1) is 18.9 Å². The van der Waals surface area contributed by atoms with E-state index in [1.165, 1.54) is 49.8 Å². The van der Waals surface area contributed by atoms with Crippen LogP contribution in [0.1, 0.15) is 63.1 Å². The Kier molecular flexibility index (Phi) is 2.90. The van der Waals surface area contributed by atoms with Crippen LogP contribution in [0.5, 0.6) is 0 Å². The van der Waals surface area contributed by atoms with E-state index in [0.29, 0.717) is 5.92 Å². The van der Waals surface area contributed by atoms with Gasteiger partial charge in [0.15, 0.2) is 5.79 Å². The fourth-order valence-electron chi connectivity index (χ4n) is 6.72. The van der Waals surface area contributed by atoms with Gasteiger partial charge in [0, 0.05) is 30.5 Å². The van der Waals surface area contributed by atoms with Crippen molar-refractivity contribution in [2.75, 3.05) is 13.2 Å². The monoisotopic (exact) mass is 316 g/mol. The van der Waals surface area contributed by atoms with Crippen molar-refractivity contribution < 1.29 is 9.47 Å². The molecule has 23 heavy (non-hydrogen) atoms. The van der Waals surface area contributed by atoms with Crippen LogP contribution in [0.25, 0.3) is 0 Å². The SMILES string of the molecule is Cn1cc2c(n1)[C@@]1(C)CCC3(OCCO3)C3(CCCC3)[C@@H]1CC2. The Morgan fingerprint density at radius 1 is 1.13 bits per heavy atom. The third kappa shape index (κ3) is 1.67. The van der Waals surface area contributed by atoms with E-state index >= 15 is 0 Å². The fourth-order valence-corrected chi connectivity index (χ4v) is 6.72. The minimum absolute atomic E-state index is 0.194. The molecule has 0 unspecified atom stereocenters. The third-order valence-corrected chi connectivity index (χ3v) is 7.57. The summed E-state index contributed by atoms with van der Waals surface area (Å²) in [5, 5.41) is 4.91. The normalized spacial score (nSPS) is 37.2. The first-order valence-electron chi connectivity index (χ1n) is 9.41. The van der Waals surface area contributed by atoms with E-state index in [4.69, 9.17) is 14.6 Å². The van der Waals surface area contributed by atoms with E-state index in [9.17, 15) is 0 Å². The topological polar surface area (TPSA) is 36.3 Å². The van der Waals surface area contributed by atoms with Crippen LogP contribution >= 0.6 is 0 Å². The molecule has 1 aliphatic heterocycles. The van der Waals surface area contributed by atoms with Crippen LogP contribution in [0.2, 0.25) is 0 Å². The molecule has 2 atom stereocenters. The standard InChI is InChI=1S/C19H28N2O2/c1-17-9-10-19(22-11-12-23-19)18(7-3-4-8-18)15(17)6-5-14-13-21(2)20-16(14)17/h13,15H,3-12H2,1-2H3/t15-,17+/m1/s1. The van der Waals surface area contributed by atoms with Gasteiger partial charge in [-0.05, 0) is 43.6 Å². The van der Waals surface area contributed by atoms with Crippen LogP contribution in [-0.4, -0.2) is 28.8 Å². The number of ether oxygens (including phenoxy) is 2. The molecule has 3 fully saturated rings. The Labute approximate surface area is 138 Å². The molecular formula is C19H28N2O2. The van der Waals surface area contributed by atoms with Gasteiger partial charge in [-0.2, -0.15) is 5.10 Å². The molecule has 0 bridgehead atoms. The molecule has 2 heterocycles. The van der Waals surface area contributed by atoms with E-state index in [-0.39, 0.29) is 16.6 Å². The summed E-state index contributed by atoms with van der Waals surface area (Å²) in [6, 6.07) is 0. The summed E-state index contributed by atoms with van der Waals surface area (Å²) in [6.07, 6.45) is 12.1. The second-order valence-electron chi connectivity index (χ2n) is 8.50. The molecule has 0 aromatic carbocycles. The zero-order valence-electron chi connectivity index (χ0n) is 14.4. The maximum absolute atomic E-state index is 6.36. The lowest BCUT2D eigenvalue weighted by Crippen LogP contribution is -2.62. The van der Waals surface area contributed by atoms with Gasteiger partial charge in [-0.3, -0.25) is 4.68 Å². The maximum atomic E-state index is 6.36. The second-order valence-corrected chi connectivity index (χ2v) is 8.50. The molecule has 0 amide bonds. The van der Waals surface area contributed by atoms with Crippen molar-refractivity contribution >= 4 is 0 Å². The van der Waals surface area contributed by atoms with Crippen LogP contribution < -0.4 is 0 Å². The average molecular weight is 316 g/mol. The Morgan fingerprint density at radius 2 is 1.87 bits per heavy atom. The van der Waals surface area contributed by atoms with Gasteiger partial charge < -0.3 is 9.47 Å². The molecule has 1 aromatic rings. The highest BCUT2D eigenvalue weighted by Gasteiger charge is 2.68. The van der Waals surface area contributed by atoms with Gasteiger partial charge in [-0.15, -0.1) is 0 Å².